The molecular weight excluding hydrogens is 484 g/mol. The molecule has 0 atom stereocenters. The summed E-state index contributed by atoms with van der Waals surface area (Å²) < 4.78 is 149. The van der Waals surface area contributed by atoms with Crippen molar-refractivity contribution >= 4 is 0 Å². The number of ether oxygens (including phenoxy) is 3. The van der Waals surface area contributed by atoms with E-state index in [1.165, 1.54) is 6.92 Å². The molecule has 0 aliphatic heterocycles. The second-order valence-electron chi connectivity index (χ2n) is 5.62. The van der Waals surface area contributed by atoms with Crippen LogP contribution in [0.2, 0.25) is 0 Å². The summed E-state index contributed by atoms with van der Waals surface area (Å²) >= 11 is 0. The molecule has 0 N–H and O–H groups in total. The Morgan fingerprint density at radius 3 is 1.03 bits per heavy atom. The van der Waals surface area contributed by atoms with Gasteiger partial charge in [0.25, 0.3) is 0 Å². The lowest BCUT2D eigenvalue weighted by molar-refractivity contribution is 0.276. The summed E-state index contributed by atoms with van der Waals surface area (Å²) in [6.07, 6.45) is 0. The van der Waals surface area contributed by atoms with Crippen molar-refractivity contribution in [3.05, 3.63) is 58.2 Å². The third kappa shape index (κ3) is 4.27. The lowest BCUT2D eigenvalue weighted by atomic mass is 10.2. The van der Waals surface area contributed by atoms with Crippen LogP contribution in [0, 0.1) is 58.2 Å². The first-order valence-electron chi connectivity index (χ1n) is 8.25. The van der Waals surface area contributed by atoms with E-state index < -0.39 is 87.7 Å². The van der Waals surface area contributed by atoms with Crippen molar-refractivity contribution < 1.29 is 58.1 Å². The first-order valence-corrected chi connectivity index (χ1v) is 8.25. The first kappa shape index (κ1) is 23.8. The molecule has 1 aromatic heterocycles. The average Bonchev–Trinajstić information content (AvgIpc) is 2.79. The van der Waals surface area contributed by atoms with Crippen molar-refractivity contribution in [3.8, 4) is 29.5 Å². The number of rotatable bonds is 6. The van der Waals surface area contributed by atoms with Gasteiger partial charge in [0.15, 0.2) is 0 Å². The molecule has 2 aromatic carbocycles. The van der Waals surface area contributed by atoms with Crippen molar-refractivity contribution in [1.29, 1.82) is 0 Å². The molecule has 33 heavy (non-hydrogen) atoms. The summed E-state index contributed by atoms with van der Waals surface area (Å²) in [5.74, 6) is -28.1. The number of aromatic nitrogens is 3. The molecule has 0 spiro atoms. The Kier molecular flexibility index (Phi) is 6.46. The molecular formula is C17H5F10N3O3. The third-order valence-corrected chi connectivity index (χ3v) is 3.57. The predicted octanol–water partition coefficient (Wildman–Crippen LogP) is 5.25. The lowest BCUT2D eigenvalue weighted by Crippen LogP contribution is -2.09. The van der Waals surface area contributed by atoms with E-state index in [0.717, 1.165) is 0 Å². The SMILES string of the molecule is CCOc1nc(Oc2c(F)c(F)c(F)c(F)c2F)nc(Oc2c(F)c(F)c(F)c(F)c2F)n1. The average molecular weight is 489 g/mol. The minimum atomic E-state index is -2.50. The Bertz CT molecular complexity index is 1110. The van der Waals surface area contributed by atoms with E-state index in [1.807, 2.05) is 0 Å². The smallest absolute Gasteiger partial charge is 0.331 e. The van der Waals surface area contributed by atoms with Gasteiger partial charge in [0.05, 0.1) is 6.61 Å². The standard InChI is InChI=1S/C17H5F10N3O3/c1-2-31-15-28-16(32-13-9(24)5(20)3(18)6(21)10(13)25)30-17(29-15)33-14-11(26)7(22)4(19)8(23)12(14)27/h2H2,1H3. The zero-order valence-electron chi connectivity index (χ0n) is 15.6. The van der Waals surface area contributed by atoms with E-state index in [2.05, 4.69) is 24.4 Å². The Balaban J connectivity index is 2.09. The van der Waals surface area contributed by atoms with Gasteiger partial charge in [0.2, 0.25) is 69.7 Å². The molecule has 3 rings (SSSR count). The molecule has 0 saturated heterocycles. The summed E-state index contributed by atoms with van der Waals surface area (Å²) in [5, 5.41) is 0. The Morgan fingerprint density at radius 1 is 0.455 bits per heavy atom. The maximum atomic E-state index is 13.8. The van der Waals surface area contributed by atoms with Gasteiger partial charge in [-0.25, -0.2) is 26.3 Å². The Hall–Kier alpha value is -3.85. The molecule has 0 aliphatic rings. The Morgan fingerprint density at radius 2 is 0.727 bits per heavy atom. The van der Waals surface area contributed by atoms with Crippen LogP contribution in [0.3, 0.4) is 0 Å². The zero-order valence-corrected chi connectivity index (χ0v) is 15.6. The van der Waals surface area contributed by atoms with Gasteiger partial charge in [-0.05, 0) is 6.92 Å². The van der Waals surface area contributed by atoms with Gasteiger partial charge in [-0.15, -0.1) is 15.0 Å². The molecule has 0 bridgehead atoms. The summed E-state index contributed by atoms with van der Waals surface area (Å²) in [7, 11) is 0. The van der Waals surface area contributed by atoms with Gasteiger partial charge in [-0.1, -0.05) is 0 Å². The molecule has 0 radical (unpaired) electrons. The van der Waals surface area contributed by atoms with Crippen LogP contribution in [0.5, 0.6) is 29.5 Å². The van der Waals surface area contributed by atoms with Crippen molar-refractivity contribution in [2.24, 2.45) is 0 Å². The van der Waals surface area contributed by atoms with Crippen LogP contribution in [-0.2, 0) is 0 Å². The minimum absolute atomic E-state index is 0.214. The number of benzene rings is 2. The highest BCUT2D eigenvalue weighted by Crippen LogP contribution is 2.34. The zero-order chi connectivity index (χ0) is 24.6. The van der Waals surface area contributed by atoms with Crippen molar-refractivity contribution in [1.82, 2.24) is 15.0 Å². The van der Waals surface area contributed by atoms with E-state index >= 15 is 0 Å². The normalized spacial score (nSPS) is 11.0. The van der Waals surface area contributed by atoms with Gasteiger partial charge in [0, 0.05) is 0 Å². The van der Waals surface area contributed by atoms with Crippen molar-refractivity contribution in [3.63, 3.8) is 0 Å². The maximum Gasteiger partial charge on any atom is 0.331 e. The second-order valence-corrected chi connectivity index (χ2v) is 5.62. The summed E-state index contributed by atoms with van der Waals surface area (Å²) in [6, 6.07) is -3.43. The van der Waals surface area contributed by atoms with Crippen LogP contribution in [0.4, 0.5) is 43.9 Å². The molecule has 1 heterocycles. The quantitative estimate of drug-likeness (QED) is 0.268. The van der Waals surface area contributed by atoms with Crippen LogP contribution >= 0.6 is 0 Å². The van der Waals surface area contributed by atoms with E-state index in [-0.39, 0.29) is 6.61 Å². The topological polar surface area (TPSA) is 66.4 Å². The van der Waals surface area contributed by atoms with E-state index in [9.17, 15) is 43.9 Å². The van der Waals surface area contributed by atoms with Crippen molar-refractivity contribution in [2.75, 3.05) is 6.61 Å². The molecule has 0 amide bonds. The molecule has 0 unspecified atom stereocenters. The third-order valence-electron chi connectivity index (χ3n) is 3.57. The summed E-state index contributed by atoms with van der Waals surface area (Å²) in [6.45, 7) is 1.15. The molecule has 0 saturated carbocycles. The Labute approximate surface area is 175 Å². The van der Waals surface area contributed by atoms with Gasteiger partial charge in [-0.3, -0.25) is 0 Å². The molecule has 0 aliphatic carbocycles. The number of nitrogens with zero attached hydrogens (tertiary/aromatic N) is 3. The fourth-order valence-corrected chi connectivity index (χ4v) is 2.14. The fourth-order valence-electron chi connectivity index (χ4n) is 2.14. The van der Waals surface area contributed by atoms with Crippen LogP contribution < -0.4 is 14.2 Å². The van der Waals surface area contributed by atoms with Crippen LogP contribution in [0.1, 0.15) is 6.92 Å². The number of hydrogen-bond acceptors (Lipinski definition) is 6. The molecule has 16 heteroatoms. The highest BCUT2D eigenvalue weighted by atomic mass is 19.2. The fraction of sp³-hybridized carbons (Fsp3) is 0.118. The summed E-state index contributed by atoms with van der Waals surface area (Å²) in [4.78, 5) is 9.75. The maximum absolute atomic E-state index is 13.8. The van der Waals surface area contributed by atoms with Crippen LogP contribution in [0.15, 0.2) is 0 Å². The monoisotopic (exact) mass is 489 g/mol. The number of hydrogen-bond donors (Lipinski definition) is 0. The lowest BCUT2D eigenvalue weighted by Gasteiger charge is -2.12. The van der Waals surface area contributed by atoms with Gasteiger partial charge in [0.1, 0.15) is 0 Å². The molecule has 6 nitrogen and oxygen atoms in total. The van der Waals surface area contributed by atoms with Crippen LogP contribution in [-0.4, -0.2) is 21.6 Å². The summed E-state index contributed by atoms with van der Waals surface area (Å²) in [5.41, 5.74) is 0. The van der Waals surface area contributed by atoms with E-state index in [1.54, 1.807) is 0 Å². The molecule has 3 aromatic rings. The minimum Gasteiger partial charge on any atom is -0.464 e. The molecule has 0 fully saturated rings. The van der Waals surface area contributed by atoms with Gasteiger partial charge in [-0.2, -0.15) is 17.6 Å². The van der Waals surface area contributed by atoms with Crippen LogP contribution in [0.25, 0.3) is 0 Å². The first-order chi connectivity index (χ1) is 15.5. The van der Waals surface area contributed by atoms with Gasteiger partial charge < -0.3 is 14.2 Å². The van der Waals surface area contributed by atoms with Gasteiger partial charge >= 0.3 is 18.0 Å². The number of halogens is 10. The molecule has 176 valence electrons. The highest BCUT2D eigenvalue weighted by molar-refractivity contribution is 5.34. The largest absolute Gasteiger partial charge is 0.464 e. The van der Waals surface area contributed by atoms with E-state index in [0.29, 0.717) is 0 Å². The highest BCUT2D eigenvalue weighted by Gasteiger charge is 2.30. The second kappa shape index (κ2) is 8.95. The van der Waals surface area contributed by atoms with E-state index in [4.69, 9.17) is 4.74 Å². The van der Waals surface area contributed by atoms with Crippen molar-refractivity contribution in [2.45, 2.75) is 6.92 Å². The predicted molar refractivity (Wildman–Crippen MR) is 83.6 cm³/mol.